The largest absolute Gasteiger partial charge is 0.493 e. The van der Waals surface area contributed by atoms with Crippen molar-refractivity contribution >= 4 is 22.9 Å². The highest BCUT2D eigenvalue weighted by molar-refractivity contribution is 7.09. The van der Waals surface area contributed by atoms with Gasteiger partial charge in [0.25, 0.3) is 0 Å². The van der Waals surface area contributed by atoms with Gasteiger partial charge in [-0.25, -0.2) is 9.37 Å². The highest BCUT2D eigenvalue weighted by atomic mass is 35.5. The number of alkyl halides is 4. The van der Waals surface area contributed by atoms with Gasteiger partial charge in [0.2, 0.25) is 0 Å². The van der Waals surface area contributed by atoms with Crippen molar-refractivity contribution in [1.82, 2.24) is 4.98 Å². The molecule has 2 nitrogen and oxygen atoms in total. The summed E-state index contributed by atoms with van der Waals surface area (Å²) in [6, 6.07) is 2.56. The predicted molar refractivity (Wildman–Crippen MR) is 72.3 cm³/mol. The van der Waals surface area contributed by atoms with Crippen molar-refractivity contribution in [3.8, 4) is 5.75 Å². The second kappa shape index (κ2) is 6.62. The van der Waals surface area contributed by atoms with Crippen molar-refractivity contribution in [2.45, 2.75) is 18.5 Å². The fourth-order valence-electron chi connectivity index (χ4n) is 1.59. The molecule has 0 N–H and O–H groups in total. The van der Waals surface area contributed by atoms with E-state index in [0.717, 1.165) is 22.8 Å². The molecule has 0 aliphatic heterocycles. The van der Waals surface area contributed by atoms with E-state index in [9.17, 15) is 17.6 Å². The Labute approximate surface area is 127 Å². The molecule has 0 aliphatic rings. The Hall–Kier alpha value is -1.34. The van der Waals surface area contributed by atoms with Gasteiger partial charge in [0.05, 0.1) is 28.8 Å². The van der Waals surface area contributed by atoms with Crippen molar-refractivity contribution in [1.29, 1.82) is 0 Å². The third-order valence-corrected chi connectivity index (χ3v) is 3.80. The van der Waals surface area contributed by atoms with Crippen molar-refractivity contribution in [2.75, 3.05) is 6.61 Å². The van der Waals surface area contributed by atoms with Crippen molar-refractivity contribution in [3.63, 3.8) is 0 Å². The summed E-state index contributed by atoms with van der Waals surface area (Å²) in [7, 11) is 0. The van der Waals surface area contributed by atoms with Crippen LogP contribution in [-0.4, -0.2) is 11.6 Å². The number of hydrogen-bond donors (Lipinski definition) is 0. The summed E-state index contributed by atoms with van der Waals surface area (Å²) in [5, 5.41) is 2.59. The van der Waals surface area contributed by atoms with Crippen molar-refractivity contribution in [2.24, 2.45) is 0 Å². The minimum absolute atomic E-state index is 0.0298. The average molecular weight is 340 g/mol. The van der Waals surface area contributed by atoms with E-state index < -0.39 is 17.6 Å². The first-order chi connectivity index (χ1) is 9.90. The van der Waals surface area contributed by atoms with Gasteiger partial charge in [0, 0.05) is 11.8 Å². The summed E-state index contributed by atoms with van der Waals surface area (Å²) in [5.41, 5.74) is -0.587. The van der Waals surface area contributed by atoms with Gasteiger partial charge in [-0.05, 0) is 18.2 Å². The number of halogens is 5. The Bertz CT molecular complexity index is 614. The first-order valence-corrected chi connectivity index (χ1v) is 7.30. The molecule has 0 atom stereocenters. The van der Waals surface area contributed by atoms with Crippen molar-refractivity contribution < 1.29 is 22.3 Å². The molecule has 0 amide bonds. The summed E-state index contributed by atoms with van der Waals surface area (Å²) >= 11 is 7.02. The maximum Gasteiger partial charge on any atom is 0.419 e. The molecule has 0 bridgehead atoms. The molecule has 114 valence electrons. The molecule has 1 aromatic carbocycles. The van der Waals surface area contributed by atoms with Crippen LogP contribution in [0.1, 0.15) is 16.3 Å². The molecule has 2 aromatic rings. The van der Waals surface area contributed by atoms with Gasteiger partial charge >= 0.3 is 6.18 Å². The summed E-state index contributed by atoms with van der Waals surface area (Å²) in [6.07, 6.45) is -4.30. The predicted octanol–water partition coefficient (Wildman–Crippen LogP) is 4.66. The van der Waals surface area contributed by atoms with Crippen LogP contribution in [0.5, 0.6) is 5.75 Å². The first-order valence-electron chi connectivity index (χ1n) is 5.89. The molecule has 0 saturated heterocycles. The molecule has 0 radical (unpaired) electrons. The average Bonchev–Trinajstić information content (AvgIpc) is 2.87. The monoisotopic (exact) mass is 339 g/mol. The van der Waals surface area contributed by atoms with Crippen molar-refractivity contribution in [3.05, 3.63) is 45.7 Å². The lowest BCUT2D eigenvalue weighted by atomic mass is 10.2. The van der Waals surface area contributed by atoms with Gasteiger partial charge in [0.15, 0.2) is 0 Å². The van der Waals surface area contributed by atoms with Gasteiger partial charge < -0.3 is 4.74 Å². The third kappa shape index (κ3) is 4.31. The molecule has 0 fully saturated rings. The van der Waals surface area contributed by atoms with Crippen LogP contribution >= 0.6 is 22.9 Å². The highest BCUT2D eigenvalue weighted by Crippen LogP contribution is 2.33. The quantitative estimate of drug-likeness (QED) is 0.584. The van der Waals surface area contributed by atoms with Crippen LogP contribution in [0.3, 0.4) is 0 Å². The molecule has 2 rings (SSSR count). The minimum Gasteiger partial charge on any atom is -0.493 e. The van der Waals surface area contributed by atoms with E-state index in [2.05, 4.69) is 4.98 Å². The van der Waals surface area contributed by atoms with Gasteiger partial charge in [-0.15, -0.1) is 22.9 Å². The molecule has 0 saturated carbocycles. The SMILES string of the molecule is Fc1ccc(OCCc2nc(CCl)cs2)cc1C(F)(F)F. The lowest BCUT2D eigenvalue weighted by Crippen LogP contribution is -2.09. The number of thiazole rings is 1. The van der Waals surface area contributed by atoms with Crippen LogP contribution in [-0.2, 0) is 18.5 Å². The zero-order valence-electron chi connectivity index (χ0n) is 10.6. The van der Waals surface area contributed by atoms with Gasteiger partial charge in [-0.2, -0.15) is 13.2 Å². The van der Waals surface area contributed by atoms with Crippen LogP contribution < -0.4 is 4.74 Å². The zero-order chi connectivity index (χ0) is 15.5. The molecule has 1 heterocycles. The topological polar surface area (TPSA) is 22.1 Å². The summed E-state index contributed by atoms with van der Waals surface area (Å²) in [4.78, 5) is 4.20. The fraction of sp³-hybridized carbons (Fsp3) is 0.308. The summed E-state index contributed by atoms with van der Waals surface area (Å²) in [6.45, 7) is 0.151. The number of nitrogens with zero attached hydrogens (tertiary/aromatic N) is 1. The fourth-order valence-corrected chi connectivity index (χ4v) is 2.60. The van der Waals surface area contributed by atoms with Gasteiger partial charge in [0.1, 0.15) is 11.6 Å². The Kier molecular flexibility index (Phi) is 5.05. The standard InChI is InChI=1S/C13H10ClF4NOS/c14-6-8-7-21-12(19-8)3-4-20-9-1-2-11(15)10(5-9)13(16,17)18/h1-2,5,7H,3-4,6H2. The number of ether oxygens (including phenoxy) is 1. The van der Waals surface area contributed by atoms with Crippen LogP contribution in [0.15, 0.2) is 23.6 Å². The number of aromatic nitrogens is 1. The van der Waals surface area contributed by atoms with E-state index >= 15 is 0 Å². The number of rotatable bonds is 5. The Balaban J connectivity index is 1.97. The van der Waals surface area contributed by atoms with E-state index in [4.69, 9.17) is 16.3 Å². The highest BCUT2D eigenvalue weighted by Gasteiger charge is 2.34. The molecule has 0 aliphatic carbocycles. The molecular formula is C13H10ClF4NOS. The maximum absolute atomic E-state index is 13.1. The van der Waals surface area contributed by atoms with Crippen LogP contribution in [0.2, 0.25) is 0 Å². The smallest absolute Gasteiger partial charge is 0.419 e. The van der Waals surface area contributed by atoms with E-state index in [0.29, 0.717) is 18.4 Å². The lowest BCUT2D eigenvalue weighted by molar-refractivity contribution is -0.140. The molecule has 21 heavy (non-hydrogen) atoms. The third-order valence-electron chi connectivity index (χ3n) is 2.56. The van der Waals surface area contributed by atoms with E-state index in [1.165, 1.54) is 11.3 Å². The second-order valence-electron chi connectivity index (χ2n) is 4.10. The Morgan fingerprint density at radius 2 is 2.05 bits per heavy atom. The molecule has 1 aromatic heterocycles. The number of hydrogen-bond acceptors (Lipinski definition) is 3. The number of benzene rings is 1. The van der Waals surface area contributed by atoms with E-state index in [1.807, 2.05) is 5.38 Å². The Morgan fingerprint density at radius 1 is 1.29 bits per heavy atom. The van der Waals surface area contributed by atoms with Crippen LogP contribution in [0.4, 0.5) is 17.6 Å². The molecule has 0 unspecified atom stereocenters. The first kappa shape index (κ1) is 16.0. The maximum atomic E-state index is 13.1. The Morgan fingerprint density at radius 3 is 2.67 bits per heavy atom. The molecule has 8 heteroatoms. The van der Waals surface area contributed by atoms with E-state index in [-0.39, 0.29) is 12.4 Å². The minimum atomic E-state index is -4.74. The van der Waals surface area contributed by atoms with Gasteiger partial charge in [-0.1, -0.05) is 0 Å². The summed E-state index contributed by atoms with van der Waals surface area (Å²) < 4.78 is 55.9. The molecular weight excluding hydrogens is 330 g/mol. The van der Waals surface area contributed by atoms with Gasteiger partial charge in [-0.3, -0.25) is 0 Å². The lowest BCUT2D eigenvalue weighted by Gasteiger charge is -2.10. The van der Waals surface area contributed by atoms with Crippen LogP contribution in [0.25, 0.3) is 0 Å². The van der Waals surface area contributed by atoms with Crippen LogP contribution in [0, 0.1) is 5.82 Å². The van der Waals surface area contributed by atoms with E-state index in [1.54, 1.807) is 0 Å². The normalized spacial score (nSPS) is 11.7. The summed E-state index contributed by atoms with van der Waals surface area (Å²) in [5.74, 6) is -1.04. The molecule has 0 spiro atoms. The second-order valence-corrected chi connectivity index (χ2v) is 5.31. The zero-order valence-corrected chi connectivity index (χ0v) is 12.2.